The highest BCUT2D eigenvalue weighted by atomic mass is 32.1. The predicted octanol–water partition coefficient (Wildman–Crippen LogP) is 2.29. The van der Waals surface area contributed by atoms with Crippen LogP contribution in [0.3, 0.4) is 0 Å². The van der Waals surface area contributed by atoms with Crippen molar-refractivity contribution in [3.8, 4) is 0 Å². The Morgan fingerprint density at radius 1 is 1.47 bits per heavy atom. The van der Waals surface area contributed by atoms with E-state index in [4.69, 9.17) is 0 Å². The third kappa shape index (κ3) is 2.38. The van der Waals surface area contributed by atoms with E-state index in [2.05, 4.69) is 24.4 Å². The van der Waals surface area contributed by atoms with Crippen molar-refractivity contribution >= 4 is 17.2 Å². The number of aryl methyl sites for hydroxylation is 1. The van der Waals surface area contributed by atoms with Gasteiger partial charge in [-0.1, -0.05) is 12.8 Å². The van der Waals surface area contributed by atoms with Crippen LogP contribution in [0.25, 0.3) is 0 Å². The van der Waals surface area contributed by atoms with Crippen LogP contribution >= 0.6 is 11.3 Å². The summed E-state index contributed by atoms with van der Waals surface area (Å²) >= 11 is 1.78. The first-order chi connectivity index (χ1) is 8.24. The molecular weight excluding hydrogens is 232 g/mol. The summed E-state index contributed by atoms with van der Waals surface area (Å²) in [4.78, 5) is 16.5. The summed E-state index contributed by atoms with van der Waals surface area (Å²) in [5.41, 5.74) is 0. The van der Waals surface area contributed by atoms with Gasteiger partial charge in [0.1, 0.15) is 6.17 Å². The molecule has 3 nitrogen and oxygen atoms in total. The van der Waals surface area contributed by atoms with Gasteiger partial charge in [-0.2, -0.15) is 0 Å². The summed E-state index contributed by atoms with van der Waals surface area (Å²) in [5, 5.41) is 3.32. The Kier molecular flexibility index (Phi) is 2.92. The van der Waals surface area contributed by atoms with E-state index in [1.54, 1.807) is 11.3 Å². The fourth-order valence-electron chi connectivity index (χ4n) is 2.38. The van der Waals surface area contributed by atoms with Crippen LogP contribution in [0.2, 0.25) is 0 Å². The number of thiophene rings is 1. The number of carbonyl (C=O) groups excluding carboxylic acids is 1. The van der Waals surface area contributed by atoms with E-state index in [-0.39, 0.29) is 12.1 Å². The van der Waals surface area contributed by atoms with E-state index in [0.717, 1.165) is 12.5 Å². The molecule has 3 rings (SSSR count). The molecule has 1 N–H and O–H groups in total. The Balaban J connectivity index is 1.70. The lowest BCUT2D eigenvalue weighted by atomic mass is 10.2. The molecule has 1 aromatic rings. The zero-order chi connectivity index (χ0) is 11.8. The van der Waals surface area contributed by atoms with Crippen molar-refractivity contribution in [3.05, 3.63) is 21.9 Å². The summed E-state index contributed by atoms with van der Waals surface area (Å²) < 4.78 is 0. The molecule has 1 unspecified atom stereocenters. The fraction of sp³-hybridized carbons (Fsp3) is 0.615. The molecule has 1 atom stereocenters. The summed E-state index contributed by atoms with van der Waals surface area (Å²) in [6, 6.07) is 4.27. The molecule has 1 saturated carbocycles. The van der Waals surface area contributed by atoms with Crippen molar-refractivity contribution < 1.29 is 4.79 Å². The van der Waals surface area contributed by atoms with Crippen LogP contribution < -0.4 is 5.32 Å². The van der Waals surface area contributed by atoms with Gasteiger partial charge in [0.05, 0.1) is 6.54 Å². The molecule has 92 valence electrons. The Labute approximate surface area is 106 Å². The average molecular weight is 250 g/mol. The molecule has 1 aromatic heterocycles. The third-order valence-electron chi connectivity index (χ3n) is 3.58. The second kappa shape index (κ2) is 4.42. The average Bonchev–Trinajstić information content (AvgIpc) is 2.93. The first-order valence-electron chi connectivity index (χ1n) is 6.33. The first kappa shape index (κ1) is 11.2. The monoisotopic (exact) mass is 250 g/mol. The van der Waals surface area contributed by atoms with E-state index in [0.29, 0.717) is 6.54 Å². The van der Waals surface area contributed by atoms with Gasteiger partial charge in [0.2, 0.25) is 5.91 Å². The predicted molar refractivity (Wildman–Crippen MR) is 68.9 cm³/mol. The highest BCUT2D eigenvalue weighted by Gasteiger charge is 2.33. The molecule has 17 heavy (non-hydrogen) atoms. The number of nitrogens with one attached hydrogen (secondary N) is 1. The van der Waals surface area contributed by atoms with E-state index in [1.807, 2.05) is 4.90 Å². The molecule has 2 heterocycles. The van der Waals surface area contributed by atoms with Crippen molar-refractivity contribution in [2.24, 2.45) is 5.92 Å². The highest BCUT2D eigenvalue weighted by Crippen LogP contribution is 2.34. The lowest BCUT2D eigenvalue weighted by Crippen LogP contribution is -2.30. The van der Waals surface area contributed by atoms with E-state index in [1.165, 1.54) is 29.0 Å². The first-order valence-corrected chi connectivity index (χ1v) is 7.15. The molecule has 1 saturated heterocycles. The van der Waals surface area contributed by atoms with Gasteiger partial charge in [-0.15, -0.1) is 11.3 Å². The smallest absolute Gasteiger partial charge is 0.238 e. The lowest BCUT2D eigenvalue weighted by Gasteiger charge is -2.23. The lowest BCUT2D eigenvalue weighted by molar-refractivity contribution is -0.128. The van der Waals surface area contributed by atoms with Crippen LogP contribution in [-0.2, 0) is 4.79 Å². The molecule has 1 amide bonds. The molecule has 1 aliphatic carbocycles. The van der Waals surface area contributed by atoms with E-state index < -0.39 is 0 Å². The summed E-state index contributed by atoms with van der Waals surface area (Å²) in [6.45, 7) is 3.52. The highest BCUT2D eigenvalue weighted by molar-refractivity contribution is 7.12. The minimum Gasteiger partial charge on any atom is -0.321 e. The number of nitrogens with zero attached hydrogens (tertiary/aromatic N) is 1. The fourth-order valence-corrected chi connectivity index (χ4v) is 3.34. The number of rotatable bonds is 4. The SMILES string of the molecule is Cc1ccc(C2NCC(=O)N2CCC2CC2)s1. The maximum atomic E-state index is 11.9. The van der Waals surface area contributed by atoms with Gasteiger partial charge in [-0.25, -0.2) is 0 Å². The van der Waals surface area contributed by atoms with Crippen molar-refractivity contribution in [2.45, 2.75) is 32.4 Å². The van der Waals surface area contributed by atoms with Crippen LogP contribution in [0, 0.1) is 12.8 Å². The van der Waals surface area contributed by atoms with E-state index in [9.17, 15) is 4.79 Å². The van der Waals surface area contributed by atoms with Crippen LogP contribution in [0.4, 0.5) is 0 Å². The van der Waals surface area contributed by atoms with Crippen LogP contribution in [0.1, 0.15) is 35.2 Å². The number of hydrogen-bond donors (Lipinski definition) is 1. The van der Waals surface area contributed by atoms with Gasteiger partial charge >= 0.3 is 0 Å². The quantitative estimate of drug-likeness (QED) is 0.889. The number of carbonyl (C=O) groups is 1. The largest absolute Gasteiger partial charge is 0.321 e. The third-order valence-corrected chi connectivity index (χ3v) is 4.64. The van der Waals surface area contributed by atoms with E-state index >= 15 is 0 Å². The molecule has 1 aliphatic heterocycles. The molecular formula is C13H18N2OS. The van der Waals surface area contributed by atoms with Crippen molar-refractivity contribution in [2.75, 3.05) is 13.1 Å². The zero-order valence-electron chi connectivity index (χ0n) is 10.1. The Hall–Kier alpha value is -0.870. The van der Waals surface area contributed by atoms with Crippen LogP contribution in [-0.4, -0.2) is 23.9 Å². The van der Waals surface area contributed by atoms with Gasteiger partial charge in [0, 0.05) is 16.3 Å². The molecule has 4 heteroatoms. The van der Waals surface area contributed by atoms with Crippen LogP contribution in [0.5, 0.6) is 0 Å². The summed E-state index contributed by atoms with van der Waals surface area (Å²) in [7, 11) is 0. The Bertz CT molecular complexity index is 425. The molecule has 0 radical (unpaired) electrons. The minimum absolute atomic E-state index is 0.125. The van der Waals surface area contributed by atoms with Crippen LogP contribution in [0.15, 0.2) is 12.1 Å². The normalized spacial score (nSPS) is 24.6. The maximum absolute atomic E-state index is 11.9. The van der Waals surface area contributed by atoms with Crippen molar-refractivity contribution in [3.63, 3.8) is 0 Å². The van der Waals surface area contributed by atoms with Crippen molar-refractivity contribution in [1.82, 2.24) is 10.2 Å². The van der Waals surface area contributed by atoms with Gasteiger partial charge in [-0.3, -0.25) is 10.1 Å². The van der Waals surface area contributed by atoms with Gasteiger partial charge in [0.15, 0.2) is 0 Å². The Morgan fingerprint density at radius 2 is 2.29 bits per heavy atom. The number of amides is 1. The van der Waals surface area contributed by atoms with Crippen molar-refractivity contribution in [1.29, 1.82) is 0 Å². The number of hydrogen-bond acceptors (Lipinski definition) is 3. The minimum atomic E-state index is 0.125. The molecule has 0 bridgehead atoms. The van der Waals surface area contributed by atoms with Gasteiger partial charge in [0.25, 0.3) is 0 Å². The summed E-state index contributed by atoms with van der Waals surface area (Å²) in [5.74, 6) is 1.14. The second-order valence-electron chi connectivity index (χ2n) is 5.05. The molecule has 2 aliphatic rings. The summed E-state index contributed by atoms with van der Waals surface area (Å²) in [6.07, 6.45) is 4.02. The topological polar surface area (TPSA) is 32.3 Å². The molecule has 0 aromatic carbocycles. The van der Waals surface area contributed by atoms with Gasteiger partial charge < -0.3 is 4.90 Å². The zero-order valence-corrected chi connectivity index (χ0v) is 10.9. The standard InChI is InChI=1S/C13H18N2OS/c1-9-2-5-11(17-9)13-14-8-12(16)15(13)7-6-10-3-4-10/h2,5,10,13-14H,3-4,6-8H2,1H3. The second-order valence-corrected chi connectivity index (χ2v) is 6.37. The Morgan fingerprint density at radius 3 is 2.94 bits per heavy atom. The molecule has 2 fully saturated rings. The maximum Gasteiger partial charge on any atom is 0.238 e. The van der Waals surface area contributed by atoms with Gasteiger partial charge in [-0.05, 0) is 31.4 Å². The molecule has 0 spiro atoms.